The van der Waals surface area contributed by atoms with Crippen molar-refractivity contribution in [3.8, 4) is 0 Å². The third-order valence-corrected chi connectivity index (χ3v) is 2.00. The van der Waals surface area contributed by atoms with Crippen molar-refractivity contribution in [2.24, 2.45) is 5.92 Å². The second kappa shape index (κ2) is 6.30. The van der Waals surface area contributed by atoms with E-state index < -0.39 is 17.5 Å². The van der Waals surface area contributed by atoms with Gasteiger partial charge in [0.05, 0.1) is 13.0 Å². The van der Waals surface area contributed by atoms with Gasteiger partial charge in [-0.25, -0.2) is 14.3 Å². The maximum Gasteiger partial charge on any atom is 0.248 e. The SMILES string of the molecule is CC(C)CONC(=O)Cc1c(F)cccc1F. The molecule has 0 atom stereocenters. The minimum Gasteiger partial charge on any atom is -0.273 e. The molecule has 17 heavy (non-hydrogen) atoms. The highest BCUT2D eigenvalue weighted by Gasteiger charge is 2.12. The van der Waals surface area contributed by atoms with Crippen LogP contribution in [0.5, 0.6) is 0 Å². The van der Waals surface area contributed by atoms with E-state index in [9.17, 15) is 13.6 Å². The number of nitrogens with one attached hydrogen (secondary N) is 1. The summed E-state index contributed by atoms with van der Waals surface area (Å²) >= 11 is 0. The molecule has 1 aromatic carbocycles. The Morgan fingerprint density at radius 1 is 1.35 bits per heavy atom. The van der Waals surface area contributed by atoms with E-state index in [2.05, 4.69) is 5.48 Å². The van der Waals surface area contributed by atoms with Crippen molar-refractivity contribution >= 4 is 5.91 Å². The molecule has 3 nitrogen and oxygen atoms in total. The Kier molecular flexibility index (Phi) is 5.03. The zero-order valence-corrected chi connectivity index (χ0v) is 9.80. The number of amides is 1. The Labute approximate surface area is 98.7 Å². The topological polar surface area (TPSA) is 38.3 Å². The van der Waals surface area contributed by atoms with Gasteiger partial charge in [0.1, 0.15) is 11.6 Å². The molecule has 0 unspecified atom stereocenters. The summed E-state index contributed by atoms with van der Waals surface area (Å²) in [7, 11) is 0. The summed E-state index contributed by atoms with van der Waals surface area (Å²) in [4.78, 5) is 16.2. The fourth-order valence-electron chi connectivity index (χ4n) is 1.19. The Morgan fingerprint density at radius 2 is 1.94 bits per heavy atom. The van der Waals surface area contributed by atoms with E-state index in [1.54, 1.807) is 0 Å². The Bertz CT molecular complexity index is 374. The van der Waals surface area contributed by atoms with E-state index in [1.807, 2.05) is 13.8 Å². The van der Waals surface area contributed by atoms with Crippen LogP contribution < -0.4 is 5.48 Å². The molecule has 0 fully saturated rings. The number of hydrogen-bond acceptors (Lipinski definition) is 2. The number of hydrogen-bond donors (Lipinski definition) is 1. The maximum atomic E-state index is 13.2. The molecule has 0 aliphatic heterocycles. The zero-order chi connectivity index (χ0) is 12.8. The summed E-state index contributed by atoms with van der Waals surface area (Å²) in [6.07, 6.45) is -0.378. The summed E-state index contributed by atoms with van der Waals surface area (Å²) in [5.74, 6) is -1.77. The number of hydroxylamine groups is 1. The summed E-state index contributed by atoms with van der Waals surface area (Å²) in [6.45, 7) is 4.19. The van der Waals surface area contributed by atoms with E-state index >= 15 is 0 Å². The molecule has 1 rings (SSSR count). The van der Waals surface area contributed by atoms with Crippen LogP contribution in [-0.4, -0.2) is 12.5 Å². The van der Waals surface area contributed by atoms with E-state index in [-0.39, 0.29) is 17.9 Å². The Hall–Kier alpha value is -1.49. The lowest BCUT2D eigenvalue weighted by Gasteiger charge is -2.08. The van der Waals surface area contributed by atoms with Gasteiger partial charge in [-0.05, 0) is 18.1 Å². The van der Waals surface area contributed by atoms with Crippen LogP contribution in [0.1, 0.15) is 19.4 Å². The third kappa shape index (κ3) is 4.48. The normalized spacial score (nSPS) is 10.6. The molecular formula is C12H15F2NO2. The highest BCUT2D eigenvalue weighted by atomic mass is 19.1. The molecule has 0 aliphatic rings. The Morgan fingerprint density at radius 3 is 2.47 bits per heavy atom. The average molecular weight is 243 g/mol. The van der Waals surface area contributed by atoms with Gasteiger partial charge >= 0.3 is 0 Å². The van der Waals surface area contributed by atoms with Crippen LogP contribution in [0.2, 0.25) is 0 Å². The number of rotatable bonds is 5. The summed E-state index contributed by atoms with van der Waals surface area (Å²) < 4.78 is 26.4. The van der Waals surface area contributed by atoms with Gasteiger partial charge < -0.3 is 0 Å². The molecule has 0 spiro atoms. The number of benzene rings is 1. The predicted octanol–water partition coefficient (Wildman–Crippen LogP) is 2.21. The summed E-state index contributed by atoms with van der Waals surface area (Å²) in [5.41, 5.74) is 1.89. The van der Waals surface area contributed by atoms with Gasteiger partial charge in [0.25, 0.3) is 0 Å². The number of carbonyl (C=O) groups is 1. The van der Waals surface area contributed by atoms with Gasteiger partial charge in [0.15, 0.2) is 0 Å². The van der Waals surface area contributed by atoms with Crippen molar-refractivity contribution in [2.75, 3.05) is 6.61 Å². The molecule has 0 saturated carbocycles. The van der Waals surface area contributed by atoms with Crippen molar-refractivity contribution in [2.45, 2.75) is 20.3 Å². The number of halogens is 2. The molecule has 1 amide bonds. The van der Waals surface area contributed by atoms with Crippen LogP contribution in [0.25, 0.3) is 0 Å². The first-order valence-electron chi connectivity index (χ1n) is 5.34. The monoisotopic (exact) mass is 243 g/mol. The molecule has 0 saturated heterocycles. The second-order valence-corrected chi connectivity index (χ2v) is 4.11. The van der Waals surface area contributed by atoms with E-state index in [4.69, 9.17) is 4.84 Å². The molecule has 0 radical (unpaired) electrons. The van der Waals surface area contributed by atoms with Gasteiger partial charge in [-0.1, -0.05) is 19.9 Å². The van der Waals surface area contributed by atoms with Crippen LogP contribution in [0, 0.1) is 17.6 Å². The molecule has 5 heteroatoms. The lowest BCUT2D eigenvalue weighted by Crippen LogP contribution is -2.27. The van der Waals surface area contributed by atoms with Crippen molar-refractivity contribution < 1.29 is 18.4 Å². The van der Waals surface area contributed by atoms with Crippen LogP contribution in [0.3, 0.4) is 0 Å². The quantitative estimate of drug-likeness (QED) is 0.805. The second-order valence-electron chi connectivity index (χ2n) is 4.11. The van der Waals surface area contributed by atoms with Crippen LogP contribution in [0.4, 0.5) is 8.78 Å². The van der Waals surface area contributed by atoms with Gasteiger partial charge in [-0.15, -0.1) is 0 Å². The average Bonchev–Trinajstić information content (AvgIpc) is 2.23. The molecule has 0 aliphatic carbocycles. The van der Waals surface area contributed by atoms with Crippen molar-refractivity contribution in [1.82, 2.24) is 5.48 Å². The Balaban J connectivity index is 2.51. The molecule has 0 aromatic heterocycles. The third-order valence-electron chi connectivity index (χ3n) is 2.00. The van der Waals surface area contributed by atoms with Gasteiger partial charge in [0.2, 0.25) is 5.91 Å². The lowest BCUT2D eigenvalue weighted by atomic mass is 10.1. The molecule has 1 N–H and O–H groups in total. The summed E-state index contributed by atoms with van der Waals surface area (Å²) in [5, 5.41) is 0. The van der Waals surface area contributed by atoms with Crippen molar-refractivity contribution in [3.05, 3.63) is 35.4 Å². The highest BCUT2D eigenvalue weighted by molar-refractivity contribution is 5.77. The van der Waals surface area contributed by atoms with Crippen molar-refractivity contribution in [1.29, 1.82) is 0 Å². The first-order valence-corrected chi connectivity index (χ1v) is 5.34. The minimum absolute atomic E-state index is 0.252. The minimum atomic E-state index is -0.732. The van der Waals surface area contributed by atoms with Gasteiger partial charge in [-0.3, -0.25) is 9.63 Å². The van der Waals surface area contributed by atoms with E-state index in [0.29, 0.717) is 6.61 Å². The molecule has 1 aromatic rings. The van der Waals surface area contributed by atoms with Crippen LogP contribution >= 0.6 is 0 Å². The fourth-order valence-corrected chi connectivity index (χ4v) is 1.19. The van der Waals surface area contributed by atoms with Crippen LogP contribution in [-0.2, 0) is 16.1 Å². The smallest absolute Gasteiger partial charge is 0.248 e. The fraction of sp³-hybridized carbons (Fsp3) is 0.417. The highest BCUT2D eigenvalue weighted by Crippen LogP contribution is 2.12. The largest absolute Gasteiger partial charge is 0.273 e. The maximum absolute atomic E-state index is 13.2. The first-order chi connectivity index (χ1) is 8.00. The predicted molar refractivity (Wildman–Crippen MR) is 59.0 cm³/mol. The van der Waals surface area contributed by atoms with Crippen molar-refractivity contribution in [3.63, 3.8) is 0 Å². The van der Waals surface area contributed by atoms with Crippen LogP contribution in [0.15, 0.2) is 18.2 Å². The first kappa shape index (κ1) is 13.6. The number of carbonyl (C=O) groups excluding carboxylic acids is 1. The lowest BCUT2D eigenvalue weighted by molar-refractivity contribution is -0.133. The zero-order valence-electron chi connectivity index (χ0n) is 9.80. The molecular weight excluding hydrogens is 228 g/mol. The van der Waals surface area contributed by atoms with E-state index in [0.717, 1.165) is 12.1 Å². The molecule has 94 valence electrons. The van der Waals surface area contributed by atoms with Gasteiger partial charge in [0, 0.05) is 5.56 Å². The van der Waals surface area contributed by atoms with E-state index in [1.165, 1.54) is 6.07 Å². The summed E-state index contributed by atoms with van der Waals surface area (Å²) in [6, 6.07) is 3.47. The molecule has 0 heterocycles. The molecule has 0 bridgehead atoms. The van der Waals surface area contributed by atoms with Gasteiger partial charge in [-0.2, -0.15) is 0 Å². The standard InChI is InChI=1S/C12H15F2NO2/c1-8(2)7-17-15-12(16)6-9-10(13)4-3-5-11(9)14/h3-5,8H,6-7H2,1-2H3,(H,15,16).